The van der Waals surface area contributed by atoms with Crippen molar-refractivity contribution in [2.75, 3.05) is 26.2 Å². The maximum atomic E-state index is 11.6. The molecule has 1 atom stereocenters. The van der Waals surface area contributed by atoms with E-state index in [4.69, 9.17) is 14.6 Å². The highest BCUT2D eigenvalue weighted by Gasteiger charge is 2.29. The molecule has 1 unspecified atom stereocenters. The van der Waals surface area contributed by atoms with Crippen LogP contribution < -0.4 is 19.5 Å². The van der Waals surface area contributed by atoms with Crippen molar-refractivity contribution in [2.45, 2.75) is 17.4 Å². The summed E-state index contributed by atoms with van der Waals surface area (Å²) < 4.78 is 33.8. The minimum Gasteiger partial charge on any atom is -0.497 e. The lowest BCUT2D eigenvalue weighted by molar-refractivity contribution is 0.392. The number of hydrogen-bond donors (Lipinski definition) is 1. The first-order valence-electron chi connectivity index (χ1n) is 7.45. The number of hydrogen-bond acceptors (Lipinski definition) is 5. The van der Waals surface area contributed by atoms with E-state index in [9.17, 15) is 8.42 Å². The highest BCUT2D eigenvalue weighted by Crippen LogP contribution is 2.41. The van der Waals surface area contributed by atoms with E-state index in [1.54, 1.807) is 32.4 Å². The zero-order valence-corrected chi connectivity index (χ0v) is 14.6. The Labute approximate surface area is 141 Å². The Hall–Kier alpha value is -2.25. The average molecular weight is 348 g/mol. The molecule has 2 N–H and O–H groups in total. The molecule has 24 heavy (non-hydrogen) atoms. The van der Waals surface area contributed by atoms with E-state index in [-0.39, 0.29) is 10.9 Å². The van der Waals surface area contributed by atoms with Crippen LogP contribution in [-0.4, -0.2) is 29.7 Å². The Balaban J connectivity index is 2.00. The normalized spacial score (nSPS) is 16.8. The number of likely N-dealkylation sites (N-methyl/N-ethyl adjacent to an activating group) is 1. The summed E-state index contributed by atoms with van der Waals surface area (Å²) in [5.41, 5.74) is 2.99. The summed E-state index contributed by atoms with van der Waals surface area (Å²) >= 11 is 0. The Kier molecular flexibility index (Phi) is 4.15. The molecule has 0 amide bonds. The van der Waals surface area contributed by atoms with Gasteiger partial charge in [0.05, 0.1) is 25.2 Å². The molecule has 0 saturated carbocycles. The molecular weight excluding hydrogens is 328 g/mol. The van der Waals surface area contributed by atoms with Gasteiger partial charge in [0.2, 0.25) is 10.0 Å². The zero-order valence-electron chi connectivity index (χ0n) is 13.8. The largest absolute Gasteiger partial charge is 0.497 e. The molecule has 2 aromatic carbocycles. The van der Waals surface area contributed by atoms with Crippen LogP contribution >= 0.6 is 0 Å². The van der Waals surface area contributed by atoms with E-state index in [1.165, 1.54) is 0 Å². The van der Waals surface area contributed by atoms with E-state index >= 15 is 0 Å². The second-order valence-electron chi connectivity index (χ2n) is 5.81. The quantitative estimate of drug-likeness (QED) is 0.915. The van der Waals surface area contributed by atoms with Crippen LogP contribution in [0.1, 0.15) is 17.2 Å². The van der Waals surface area contributed by atoms with Crippen molar-refractivity contribution in [3.63, 3.8) is 0 Å². The first-order chi connectivity index (χ1) is 11.3. The lowest BCUT2D eigenvalue weighted by atomic mass is 10.0. The second-order valence-corrected chi connectivity index (χ2v) is 7.37. The molecule has 2 aromatic rings. The molecule has 1 aliphatic rings. The monoisotopic (exact) mass is 348 g/mol. The standard InChI is InChI=1S/C17H20N2O4S/c1-19-16-5-4-15(24(18,20)21)8-12(16)9-17(19)11-6-13(22-2)10-14(7-11)23-3/h4-8,10,17H,9H2,1-3H3,(H2,18,20,21). The van der Waals surface area contributed by atoms with Gasteiger partial charge in [-0.15, -0.1) is 0 Å². The summed E-state index contributed by atoms with van der Waals surface area (Å²) in [6.45, 7) is 0. The third-order valence-corrected chi connectivity index (χ3v) is 5.31. The van der Waals surface area contributed by atoms with Crippen molar-refractivity contribution in [1.82, 2.24) is 0 Å². The molecule has 128 valence electrons. The van der Waals surface area contributed by atoms with Gasteiger partial charge in [-0.25, -0.2) is 13.6 Å². The number of fused-ring (bicyclic) bond motifs is 1. The van der Waals surface area contributed by atoms with Crippen molar-refractivity contribution in [3.8, 4) is 11.5 Å². The third kappa shape index (κ3) is 2.92. The number of sulfonamides is 1. The van der Waals surface area contributed by atoms with Crippen LogP contribution in [0, 0.1) is 0 Å². The second kappa shape index (κ2) is 5.99. The fraction of sp³-hybridized carbons (Fsp3) is 0.294. The minimum absolute atomic E-state index is 0.0692. The van der Waals surface area contributed by atoms with Gasteiger partial charge in [0.15, 0.2) is 0 Å². The van der Waals surface area contributed by atoms with Gasteiger partial charge >= 0.3 is 0 Å². The van der Waals surface area contributed by atoms with Gasteiger partial charge in [-0.3, -0.25) is 0 Å². The number of nitrogens with zero attached hydrogens (tertiary/aromatic N) is 1. The van der Waals surface area contributed by atoms with Crippen LogP contribution in [0.15, 0.2) is 41.3 Å². The fourth-order valence-corrected chi connectivity index (χ4v) is 3.69. The summed E-state index contributed by atoms with van der Waals surface area (Å²) in [4.78, 5) is 2.26. The molecule has 0 spiro atoms. The first-order valence-corrected chi connectivity index (χ1v) is 8.99. The summed E-state index contributed by atoms with van der Waals surface area (Å²) in [5.74, 6) is 1.44. The van der Waals surface area contributed by atoms with E-state index in [2.05, 4.69) is 4.90 Å². The molecular formula is C17H20N2O4S. The lowest BCUT2D eigenvalue weighted by Gasteiger charge is -2.24. The topological polar surface area (TPSA) is 81.9 Å². The molecule has 1 heterocycles. The van der Waals surface area contributed by atoms with Gasteiger partial charge in [-0.05, 0) is 47.9 Å². The van der Waals surface area contributed by atoms with Crippen molar-refractivity contribution in [2.24, 2.45) is 5.14 Å². The molecule has 1 aliphatic heterocycles. The molecule has 0 aliphatic carbocycles. The van der Waals surface area contributed by atoms with E-state index < -0.39 is 10.0 Å². The van der Waals surface area contributed by atoms with E-state index in [1.807, 2.05) is 25.2 Å². The summed E-state index contributed by atoms with van der Waals surface area (Å²) in [6.07, 6.45) is 0.686. The van der Waals surface area contributed by atoms with Gasteiger partial charge in [-0.1, -0.05) is 0 Å². The van der Waals surface area contributed by atoms with Gasteiger partial charge in [0.1, 0.15) is 11.5 Å². The Morgan fingerprint density at radius 1 is 1.08 bits per heavy atom. The maximum Gasteiger partial charge on any atom is 0.238 e. The first kappa shape index (κ1) is 16.6. The van der Waals surface area contributed by atoms with E-state index in [0.717, 1.165) is 28.3 Å². The predicted octanol–water partition coefficient (Wildman–Crippen LogP) is 2.08. The molecule has 0 aromatic heterocycles. The van der Waals surface area contributed by atoms with Gasteiger partial charge in [0, 0.05) is 18.8 Å². The highest BCUT2D eigenvalue weighted by atomic mass is 32.2. The Morgan fingerprint density at radius 2 is 1.71 bits per heavy atom. The summed E-state index contributed by atoms with van der Waals surface area (Å²) in [5, 5.41) is 5.23. The van der Waals surface area contributed by atoms with Crippen LogP contribution in [0.2, 0.25) is 0 Å². The Bertz CT molecular complexity index is 858. The van der Waals surface area contributed by atoms with Crippen molar-refractivity contribution in [3.05, 3.63) is 47.5 Å². The van der Waals surface area contributed by atoms with Crippen molar-refractivity contribution < 1.29 is 17.9 Å². The SMILES string of the molecule is COc1cc(OC)cc(C2Cc3cc(S(N)(=O)=O)ccc3N2C)c1. The number of methoxy groups -OCH3 is 2. The summed E-state index contributed by atoms with van der Waals surface area (Å²) in [7, 11) is 1.51. The Morgan fingerprint density at radius 3 is 2.25 bits per heavy atom. The number of anilines is 1. The number of benzene rings is 2. The molecule has 0 bridgehead atoms. The van der Waals surface area contributed by atoms with Crippen molar-refractivity contribution in [1.29, 1.82) is 0 Å². The van der Waals surface area contributed by atoms with Gasteiger partial charge in [-0.2, -0.15) is 0 Å². The number of rotatable bonds is 4. The van der Waals surface area contributed by atoms with Crippen LogP contribution in [-0.2, 0) is 16.4 Å². The third-order valence-electron chi connectivity index (χ3n) is 4.40. The van der Waals surface area contributed by atoms with Crippen LogP contribution in [0.3, 0.4) is 0 Å². The fourth-order valence-electron chi connectivity index (χ4n) is 3.12. The molecule has 0 fully saturated rings. The highest BCUT2D eigenvalue weighted by molar-refractivity contribution is 7.89. The average Bonchev–Trinajstić information content (AvgIpc) is 2.90. The predicted molar refractivity (Wildman–Crippen MR) is 92.2 cm³/mol. The lowest BCUT2D eigenvalue weighted by Crippen LogP contribution is -2.19. The van der Waals surface area contributed by atoms with Crippen LogP contribution in [0.4, 0.5) is 5.69 Å². The smallest absolute Gasteiger partial charge is 0.238 e. The molecule has 0 radical (unpaired) electrons. The number of nitrogens with two attached hydrogens (primary N) is 1. The minimum atomic E-state index is -3.70. The molecule has 6 nitrogen and oxygen atoms in total. The molecule has 7 heteroatoms. The molecule has 0 saturated heterocycles. The maximum absolute atomic E-state index is 11.6. The van der Waals surface area contributed by atoms with Crippen LogP contribution in [0.25, 0.3) is 0 Å². The zero-order chi connectivity index (χ0) is 17.5. The number of primary sulfonamides is 1. The summed E-state index contributed by atoms with van der Waals surface area (Å²) in [6, 6.07) is 10.8. The molecule has 3 rings (SSSR count). The van der Waals surface area contributed by atoms with E-state index in [0.29, 0.717) is 6.42 Å². The number of ether oxygens (including phenoxy) is 2. The van der Waals surface area contributed by atoms with Crippen LogP contribution in [0.5, 0.6) is 11.5 Å². The van der Waals surface area contributed by atoms with Gasteiger partial charge in [0.25, 0.3) is 0 Å². The van der Waals surface area contributed by atoms with Crippen molar-refractivity contribution >= 4 is 15.7 Å². The van der Waals surface area contributed by atoms with Gasteiger partial charge < -0.3 is 14.4 Å².